The van der Waals surface area contributed by atoms with Gasteiger partial charge in [-0.15, -0.1) is 0 Å². The van der Waals surface area contributed by atoms with Crippen LogP contribution in [0.3, 0.4) is 0 Å². The highest BCUT2D eigenvalue weighted by Crippen LogP contribution is 2.12. The Hall–Kier alpha value is -3.67. The molecule has 0 aliphatic heterocycles. The van der Waals surface area contributed by atoms with Crippen molar-refractivity contribution in [3.63, 3.8) is 0 Å². The Labute approximate surface area is 190 Å². The summed E-state index contributed by atoms with van der Waals surface area (Å²) in [7, 11) is 0. The maximum absolute atomic E-state index is 12.9. The molecule has 0 aliphatic carbocycles. The van der Waals surface area contributed by atoms with Gasteiger partial charge in [-0.2, -0.15) is 0 Å². The lowest BCUT2D eigenvalue weighted by Gasteiger charge is -2.25. The molecule has 12 heteroatoms. The summed E-state index contributed by atoms with van der Waals surface area (Å²) in [5, 5.41) is 37.9. The van der Waals surface area contributed by atoms with Crippen LogP contribution in [0.5, 0.6) is 5.75 Å². The molecule has 0 bridgehead atoms. The number of carboxylic acids is 2. The molecule has 1 rings (SSSR count). The first-order valence-corrected chi connectivity index (χ1v) is 10.3. The third-order valence-electron chi connectivity index (χ3n) is 4.54. The lowest BCUT2D eigenvalue weighted by molar-refractivity contribution is -0.408. The number of hydrogen-bond acceptors (Lipinski definition) is 8. The van der Waals surface area contributed by atoms with Gasteiger partial charge in [0.05, 0.1) is 12.5 Å². The molecule has 0 unspecified atom stereocenters. The van der Waals surface area contributed by atoms with Gasteiger partial charge >= 0.3 is 0 Å². The number of hydrogen-bond donors (Lipinski definition) is 5. The van der Waals surface area contributed by atoms with Gasteiger partial charge in [0.1, 0.15) is 17.8 Å². The largest absolute Gasteiger partial charge is 0.550 e. The van der Waals surface area contributed by atoms with E-state index in [-0.39, 0.29) is 24.5 Å². The van der Waals surface area contributed by atoms with Crippen LogP contribution in [-0.4, -0.2) is 59.4 Å². The second kappa shape index (κ2) is 13.0. The van der Waals surface area contributed by atoms with Crippen LogP contribution in [0.4, 0.5) is 0 Å². The highest BCUT2D eigenvalue weighted by molar-refractivity contribution is 5.94. The van der Waals surface area contributed by atoms with Crippen molar-refractivity contribution in [1.29, 1.82) is 0 Å². The average molecular weight is 465 g/mol. The standard InChI is InChI=1S/C21H30N4O8/c1-11(2)7-15(24-19(31)14(22)9-17(27)28)21(33)25-16(20(32)23-10-18(29)30)8-12-3-5-13(26)6-4-12/h3-6,11,14-16,26H,7-10,22H2,1-2H3,(H,23,32)(H,24,31)(H,25,33)(H,27,28)(H,29,30)/p-1/t14-,15-,16-/m0/s1. The molecule has 0 aliphatic rings. The van der Waals surface area contributed by atoms with Crippen LogP contribution in [0.1, 0.15) is 32.3 Å². The summed E-state index contributed by atoms with van der Waals surface area (Å²) in [5.74, 6) is -5.30. The SMILES string of the molecule is CC(C)C[C@H](NC(=O)[C@@H]([NH3+])CC(=O)[O-])C(=O)N[C@@H](Cc1ccc(O)cc1)C(=O)NCC(=O)[O-]. The van der Waals surface area contributed by atoms with E-state index in [2.05, 4.69) is 21.7 Å². The van der Waals surface area contributed by atoms with Crippen LogP contribution >= 0.6 is 0 Å². The minimum Gasteiger partial charge on any atom is -0.550 e. The summed E-state index contributed by atoms with van der Waals surface area (Å²) in [6, 6.07) is 2.35. The van der Waals surface area contributed by atoms with Crippen LogP contribution in [0, 0.1) is 5.92 Å². The van der Waals surface area contributed by atoms with Crippen LogP contribution < -0.4 is 31.9 Å². The minimum atomic E-state index is -1.52. The third kappa shape index (κ3) is 10.5. The number of aromatic hydroxyl groups is 1. The number of rotatable bonds is 13. The van der Waals surface area contributed by atoms with E-state index in [1.807, 2.05) is 0 Å². The third-order valence-corrected chi connectivity index (χ3v) is 4.54. The highest BCUT2D eigenvalue weighted by atomic mass is 16.4. The molecule has 1 aromatic carbocycles. The molecule has 0 aromatic heterocycles. The number of quaternary nitrogens is 1. The number of carbonyl (C=O) groups is 5. The first-order chi connectivity index (χ1) is 15.4. The Morgan fingerprint density at radius 1 is 0.909 bits per heavy atom. The van der Waals surface area contributed by atoms with E-state index in [9.17, 15) is 39.3 Å². The fourth-order valence-corrected chi connectivity index (χ4v) is 2.92. The van der Waals surface area contributed by atoms with E-state index in [1.165, 1.54) is 24.3 Å². The van der Waals surface area contributed by atoms with E-state index in [4.69, 9.17) is 0 Å². The molecule has 0 radical (unpaired) electrons. The number of carboxylic acid groups (broad SMARTS) is 2. The van der Waals surface area contributed by atoms with E-state index in [1.54, 1.807) is 13.8 Å². The van der Waals surface area contributed by atoms with Gasteiger partial charge in [0, 0.05) is 18.8 Å². The van der Waals surface area contributed by atoms with Gasteiger partial charge in [-0.25, -0.2) is 0 Å². The Bertz CT molecular complexity index is 856. The van der Waals surface area contributed by atoms with Crippen LogP contribution in [0.2, 0.25) is 0 Å². The van der Waals surface area contributed by atoms with Crippen molar-refractivity contribution < 1.29 is 45.0 Å². The number of benzene rings is 1. The topological polar surface area (TPSA) is 215 Å². The molecule has 12 nitrogen and oxygen atoms in total. The summed E-state index contributed by atoms with van der Waals surface area (Å²) in [6.07, 6.45) is -0.477. The molecule has 3 amide bonds. The fraction of sp³-hybridized carbons (Fsp3) is 0.476. The van der Waals surface area contributed by atoms with E-state index in [0.29, 0.717) is 5.56 Å². The summed E-state index contributed by atoms with van der Waals surface area (Å²) in [5.41, 5.74) is 4.02. The molecule has 0 heterocycles. The molecule has 182 valence electrons. The van der Waals surface area contributed by atoms with Crippen molar-refractivity contribution in [1.82, 2.24) is 16.0 Å². The molecule has 7 N–H and O–H groups in total. The van der Waals surface area contributed by atoms with Crippen LogP contribution in [0.15, 0.2) is 24.3 Å². The molecule has 0 spiro atoms. The predicted molar refractivity (Wildman–Crippen MR) is 109 cm³/mol. The van der Waals surface area contributed by atoms with E-state index in [0.717, 1.165) is 0 Å². The van der Waals surface area contributed by atoms with Gasteiger partial charge in [-0.3, -0.25) is 14.4 Å². The Balaban J connectivity index is 3.02. The summed E-state index contributed by atoms with van der Waals surface area (Å²) in [6.45, 7) is 2.84. The van der Waals surface area contributed by atoms with Gasteiger partial charge in [0.25, 0.3) is 5.91 Å². The fourth-order valence-electron chi connectivity index (χ4n) is 2.92. The molecule has 1 aromatic rings. The zero-order valence-corrected chi connectivity index (χ0v) is 18.5. The van der Waals surface area contributed by atoms with Crippen molar-refractivity contribution in [2.75, 3.05) is 6.54 Å². The van der Waals surface area contributed by atoms with Crippen LogP contribution in [0.25, 0.3) is 0 Å². The molecule has 0 fully saturated rings. The quantitative estimate of drug-likeness (QED) is 0.191. The van der Waals surface area contributed by atoms with Crippen molar-refractivity contribution in [3.8, 4) is 5.75 Å². The van der Waals surface area contributed by atoms with Gasteiger partial charge in [-0.05, 0) is 30.0 Å². The second-order valence-electron chi connectivity index (χ2n) is 7.99. The van der Waals surface area contributed by atoms with Crippen molar-refractivity contribution in [2.24, 2.45) is 5.92 Å². The Morgan fingerprint density at radius 2 is 1.48 bits per heavy atom. The molecule has 3 atom stereocenters. The van der Waals surface area contributed by atoms with Crippen molar-refractivity contribution >= 4 is 29.7 Å². The molecule has 0 saturated heterocycles. The Kier molecular flexibility index (Phi) is 10.8. The normalized spacial score (nSPS) is 13.5. The number of amides is 3. The Morgan fingerprint density at radius 3 is 2.00 bits per heavy atom. The minimum absolute atomic E-state index is 0.000242. The van der Waals surface area contributed by atoms with Gasteiger partial charge < -0.3 is 46.6 Å². The summed E-state index contributed by atoms with van der Waals surface area (Å²) in [4.78, 5) is 59.1. The van der Waals surface area contributed by atoms with Crippen LogP contribution in [-0.2, 0) is 30.4 Å². The molecular formula is C21H29N4O8-. The predicted octanol–water partition coefficient (Wildman–Crippen LogP) is -4.43. The first-order valence-electron chi connectivity index (χ1n) is 10.3. The summed E-state index contributed by atoms with van der Waals surface area (Å²) >= 11 is 0. The molecule has 0 saturated carbocycles. The van der Waals surface area contributed by atoms with Crippen molar-refractivity contribution in [3.05, 3.63) is 29.8 Å². The number of phenols is 1. The van der Waals surface area contributed by atoms with E-state index >= 15 is 0 Å². The highest BCUT2D eigenvalue weighted by Gasteiger charge is 2.29. The average Bonchev–Trinajstić information content (AvgIpc) is 2.71. The lowest BCUT2D eigenvalue weighted by Crippen LogP contribution is -2.70. The number of aliphatic carboxylic acids is 2. The number of nitrogens with one attached hydrogen (secondary N) is 3. The first kappa shape index (κ1) is 27.4. The molecule has 33 heavy (non-hydrogen) atoms. The summed E-state index contributed by atoms with van der Waals surface area (Å²) < 4.78 is 0. The van der Waals surface area contributed by atoms with Gasteiger partial charge in [0.15, 0.2) is 6.04 Å². The van der Waals surface area contributed by atoms with Crippen molar-refractivity contribution in [2.45, 2.75) is 51.2 Å². The second-order valence-corrected chi connectivity index (χ2v) is 7.99. The lowest BCUT2D eigenvalue weighted by atomic mass is 10.0. The smallest absolute Gasteiger partial charge is 0.279 e. The maximum atomic E-state index is 12.9. The zero-order chi connectivity index (χ0) is 25.1. The van der Waals surface area contributed by atoms with E-state index < -0.39 is 60.8 Å². The molecular weight excluding hydrogens is 436 g/mol. The number of phenolic OH excluding ortho intramolecular Hbond substituents is 1. The zero-order valence-electron chi connectivity index (χ0n) is 18.5. The van der Waals surface area contributed by atoms with Gasteiger partial charge in [-0.1, -0.05) is 26.0 Å². The maximum Gasteiger partial charge on any atom is 0.279 e. The van der Waals surface area contributed by atoms with Gasteiger partial charge in [0.2, 0.25) is 11.8 Å². The number of carbonyl (C=O) groups excluding carboxylic acids is 5. The monoisotopic (exact) mass is 465 g/mol.